The molecule has 0 aliphatic heterocycles. The molecule has 0 amide bonds. The standard InChI is InChI=1S/C2H6O.4CH4O.Ti/c1-2-3;4*1-2;/h3H,2H2,1H3;4*2H,1H3;. The average molecular weight is 222 g/mol. The van der Waals surface area contributed by atoms with E-state index in [-0.39, 0.29) is 28.3 Å². The summed E-state index contributed by atoms with van der Waals surface area (Å²) in [4.78, 5) is 0. The van der Waals surface area contributed by atoms with Crippen molar-refractivity contribution in [3.63, 3.8) is 0 Å². The van der Waals surface area contributed by atoms with E-state index in [2.05, 4.69) is 0 Å². The summed E-state index contributed by atoms with van der Waals surface area (Å²) in [7, 11) is 4.00. The fourth-order valence-electron chi connectivity index (χ4n) is 0. The molecule has 0 atom stereocenters. The van der Waals surface area contributed by atoms with E-state index in [1.807, 2.05) is 0 Å². The van der Waals surface area contributed by atoms with Crippen LogP contribution in [0.25, 0.3) is 0 Å². The molecule has 0 spiro atoms. The van der Waals surface area contributed by atoms with E-state index < -0.39 is 0 Å². The van der Waals surface area contributed by atoms with Crippen LogP contribution in [0.5, 0.6) is 0 Å². The second-order valence-corrected chi connectivity index (χ2v) is 0.316. The van der Waals surface area contributed by atoms with Gasteiger partial charge in [0.1, 0.15) is 0 Å². The largest absolute Gasteiger partial charge is 0.400 e. The Hall–Kier alpha value is 0.514. The molecule has 6 heteroatoms. The third-order valence-electron chi connectivity index (χ3n) is 0. The Morgan fingerprint density at radius 1 is 0.667 bits per heavy atom. The van der Waals surface area contributed by atoms with Crippen molar-refractivity contribution in [1.82, 2.24) is 0 Å². The maximum Gasteiger partial charge on any atom is 0.0402 e. The van der Waals surface area contributed by atoms with E-state index in [1.54, 1.807) is 6.92 Å². The third kappa shape index (κ3) is 3600. The Bertz CT molecular complexity index is 15.9. The van der Waals surface area contributed by atoms with Crippen molar-refractivity contribution in [3.05, 3.63) is 0 Å². The molecule has 0 aromatic heterocycles. The zero-order valence-corrected chi connectivity index (χ0v) is 10.0. The van der Waals surface area contributed by atoms with Gasteiger partial charge in [-0.25, -0.2) is 0 Å². The number of hydrogen-bond acceptors (Lipinski definition) is 5. The van der Waals surface area contributed by atoms with Crippen molar-refractivity contribution >= 4 is 0 Å². The molecule has 0 saturated carbocycles. The fourth-order valence-corrected chi connectivity index (χ4v) is 0. The molecule has 0 fully saturated rings. The first-order chi connectivity index (χ1) is 5.41. The van der Waals surface area contributed by atoms with Gasteiger partial charge in [-0.05, 0) is 6.92 Å². The van der Waals surface area contributed by atoms with Crippen molar-refractivity contribution in [2.45, 2.75) is 6.92 Å². The van der Waals surface area contributed by atoms with Crippen molar-refractivity contribution < 1.29 is 47.3 Å². The smallest absolute Gasteiger partial charge is 0.0402 e. The van der Waals surface area contributed by atoms with Gasteiger partial charge in [0.25, 0.3) is 0 Å². The van der Waals surface area contributed by atoms with Crippen LogP contribution in [0.3, 0.4) is 0 Å². The molecular weight excluding hydrogens is 200 g/mol. The predicted molar refractivity (Wildman–Crippen MR) is 45.3 cm³/mol. The molecule has 0 saturated heterocycles. The Labute approximate surface area is 89.6 Å². The summed E-state index contributed by atoms with van der Waals surface area (Å²) in [6.45, 7) is 1.93. The van der Waals surface area contributed by atoms with Gasteiger partial charge < -0.3 is 25.5 Å². The van der Waals surface area contributed by atoms with E-state index in [0.717, 1.165) is 28.4 Å². The quantitative estimate of drug-likeness (QED) is 0.319. The summed E-state index contributed by atoms with van der Waals surface area (Å²) in [5, 5.41) is 35.6. The van der Waals surface area contributed by atoms with Gasteiger partial charge in [0.2, 0.25) is 0 Å². The molecule has 0 rings (SSSR count). The van der Waals surface area contributed by atoms with Crippen LogP contribution in [0.2, 0.25) is 0 Å². The van der Waals surface area contributed by atoms with Crippen LogP contribution >= 0.6 is 0 Å². The Morgan fingerprint density at radius 2 is 0.667 bits per heavy atom. The first-order valence-corrected chi connectivity index (χ1v) is 2.81. The number of aliphatic hydroxyl groups is 5. The maximum atomic E-state index is 7.57. The molecule has 5 N–H and O–H groups in total. The van der Waals surface area contributed by atoms with Crippen LogP contribution in [0.4, 0.5) is 0 Å². The first-order valence-electron chi connectivity index (χ1n) is 2.81. The van der Waals surface area contributed by atoms with Gasteiger partial charge in [0.15, 0.2) is 0 Å². The second kappa shape index (κ2) is 555. The fraction of sp³-hybridized carbons (Fsp3) is 1.00. The Balaban J connectivity index is -0.00000000933. The minimum Gasteiger partial charge on any atom is -0.400 e. The zero-order chi connectivity index (χ0) is 10.7. The van der Waals surface area contributed by atoms with E-state index in [1.165, 1.54) is 0 Å². The van der Waals surface area contributed by atoms with Gasteiger partial charge in [0.05, 0.1) is 0 Å². The number of rotatable bonds is 0. The van der Waals surface area contributed by atoms with Gasteiger partial charge >= 0.3 is 0 Å². The van der Waals surface area contributed by atoms with Gasteiger partial charge in [-0.15, -0.1) is 0 Å². The topological polar surface area (TPSA) is 101 Å². The summed E-state index contributed by atoms with van der Waals surface area (Å²) in [5.41, 5.74) is 0. The molecule has 0 aliphatic rings. The maximum absolute atomic E-state index is 7.57. The minimum atomic E-state index is 0. The monoisotopic (exact) mass is 222 g/mol. The molecule has 12 heavy (non-hydrogen) atoms. The molecule has 0 radical (unpaired) electrons. The van der Waals surface area contributed by atoms with Crippen molar-refractivity contribution in [1.29, 1.82) is 0 Å². The molecule has 0 aromatic carbocycles. The van der Waals surface area contributed by atoms with E-state index >= 15 is 0 Å². The van der Waals surface area contributed by atoms with E-state index in [9.17, 15) is 0 Å². The Kier molecular flexibility index (Phi) is 1810. The third-order valence-corrected chi connectivity index (χ3v) is 0. The van der Waals surface area contributed by atoms with Gasteiger partial charge in [-0.3, -0.25) is 0 Å². The van der Waals surface area contributed by atoms with Crippen LogP contribution in [0, 0.1) is 0 Å². The van der Waals surface area contributed by atoms with Crippen LogP contribution in [0.1, 0.15) is 6.92 Å². The Morgan fingerprint density at radius 3 is 0.667 bits per heavy atom. The summed E-state index contributed by atoms with van der Waals surface area (Å²) >= 11 is 0. The van der Waals surface area contributed by atoms with Crippen molar-refractivity contribution in [2.75, 3.05) is 35.0 Å². The van der Waals surface area contributed by atoms with E-state index in [4.69, 9.17) is 25.5 Å². The SMILES string of the molecule is CCO.CO.CO.CO.CO.[Ti]. The molecule has 80 valence electrons. The van der Waals surface area contributed by atoms with Gasteiger partial charge in [0, 0.05) is 56.8 Å². The normalized spacial score (nSPS) is 3.50. The van der Waals surface area contributed by atoms with Gasteiger partial charge in [-0.1, -0.05) is 0 Å². The molecular formula is C6H22O5Ti. The summed E-state index contributed by atoms with van der Waals surface area (Å²) in [5.74, 6) is 0. The first kappa shape index (κ1) is 39.1. The summed E-state index contributed by atoms with van der Waals surface area (Å²) in [6, 6.07) is 0. The van der Waals surface area contributed by atoms with Crippen LogP contribution < -0.4 is 0 Å². The molecule has 0 bridgehead atoms. The molecule has 0 unspecified atom stereocenters. The average Bonchev–Trinajstić information content (AvgIpc) is 2.18. The van der Waals surface area contributed by atoms with Crippen LogP contribution in [0.15, 0.2) is 0 Å². The van der Waals surface area contributed by atoms with E-state index in [0.29, 0.717) is 0 Å². The molecule has 0 aromatic rings. The minimum absolute atomic E-state index is 0. The number of hydrogen-bond donors (Lipinski definition) is 5. The zero-order valence-electron chi connectivity index (χ0n) is 8.44. The molecule has 5 nitrogen and oxygen atoms in total. The summed E-state index contributed by atoms with van der Waals surface area (Å²) in [6.07, 6.45) is 0. The van der Waals surface area contributed by atoms with Crippen LogP contribution in [-0.2, 0) is 21.7 Å². The number of aliphatic hydroxyl groups excluding tert-OH is 5. The second-order valence-electron chi connectivity index (χ2n) is 0.316. The molecule has 0 heterocycles. The van der Waals surface area contributed by atoms with Gasteiger partial charge in [-0.2, -0.15) is 0 Å². The van der Waals surface area contributed by atoms with Crippen molar-refractivity contribution in [3.8, 4) is 0 Å². The predicted octanol–water partition coefficient (Wildman–Crippen LogP) is -1.57. The summed E-state index contributed by atoms with van der Waals surface area (Å²) < 4.78 is 0. The molecule has 0 aliphatic carbocycles. The van der Waals surface area contributed by atoms with Crippen LogP contribution in [-0.4, -0.2) is 60.6 Å². The van der Waals surface area contributed by atoms with Crippen molar-refractivity contribution in [2.24, 2.45) is 0 Å².